The summed E-state index contributed by atoms with van der Waals surface area (Å²) in [5, 5.41) is 9.86. The van der Waals surface area contributed by atoms with Gasteiger partial charge in [-0.3, -0.25) is 14.9 Å². The summed E-state index contributed by atoms with van der Waals surface area (Å²) in [7, 11) is 1.80. The third-order valence-corrected chi connectivity index (χ3v) is 3.58. The molecule has 2 rings (SSSR count). The van der Waals surface area contributed by atoms with Crippen LogP contribution in [0.2, 0.25) is 0 Å². The van der Waals surface area contributed by atoms with Crippen molar-refractivity contribution in [3.8, 4) is 0 Å². The van der Waals surface area contributed by atoms with Crippen molar-refractivity contribution in [1.82, 2.24) is 20.0 Å². The van der Waals surface area contributed by atoms with E-state index in [4.69, 9.17) is 4.74 Å². The molecule has 1 aromatic rings. The van der Waals surface area contributed by atoms with Gasteiger partial charge in [0.2, 0.25) is 0 Å². The topological polar surface area (TPSA) is 71.4 Å². The Morgan fingerprint density at radius 3 is 2.95 bits per heavy atom. The lowest BCUT2D eigenvalue weighted by molar-refractivity contribution is -0.0288. The molecule has 22 heavy (non-hydrogen) atoms. The molecule has 1 aromatic heterocycles. The molecule has 1 fully saturated rings. The second-order valence-corrected chi connectivity index (χ2v) is 6.28. The van der Waals surface area contributed by atoms with E-state index in [0.717, 1.165) is 31.9 Å². The summed E-state index contributed by atoms with van der Waals surface area (Å²) in [5.41, 5.74) is 0.873. The van der Waals surface area contributed by atoms with E-state index in [1.54, 1.807) is 11.7 Å². The van der Waals surface area contributed by atoms with Crippen LogP contribution in [0.5, 0.6) is 0 Å². The zero-order valence-corrected chi connectivity index (χ0v) is 13.9. The Morgan fingerprint density at radius 2 is 2.32 bits per heavy atom. The maximum absolute atomic E-state index is 11.9. The molecule has 2 amide bonds. The van der Waals surface area contributed by atoms with Gasteiger partial charge in [-0.1, -0.05) is 13.8 Å². The largest absolute Gasteiger partial charge is 0.374 e. The van der Waals surface area contributed by atoms with Crippen LogP contribution in [0.15, 0.2) is 6.07 Å². The van der Waals surface area contributed by atoms with Gasteiger partial charge in [0.1, 0.15) is 5.82 Å². The molecule has 1 saturated heterocycles. The fraction of sp³-hybridized carbons (Fsp3) is 0.733. The normalized spacial score (nSPS) is 19.4. The number of aryl methyl sites for hydroxylation is 2. The number of rotatable bonds is 5. The van der Waals surface area contributed by atoms with Crippen LogP contribution in [0.3, 0.4) is 0 Å². The first-order chi connectivity index (χ1) is 10.4. The molecule has 0 spiro atoms. The van der Waals surface area contributed by atoms with Gasteiger partial charge in [-0.05, 0) is 12.8 Å². The Hall–Kier alpha value is -1.60. The highest BCUT2D eigenvalue weighted by Crippen LogP contribution is 2.09. The van der Waals surface area contributed by atoms with Crippen molar-refractivity contribution in [2.45, 2.75) is 26.9 Å². The maximum atomic E-state index is 11.9. The van der Waals surface area contributed by atoms with Gasteiger partial charge in [0.25, 0.3) is 0 Å². The van der Waals surface area contributed by atoms with Crippen molar-refractivity contribution < 1.29 is 9.53 Å². The lowest BCUT2D eigenvalue weighted by atomic mass is 10.2. The highest BCUT2D eigenvalue weighted by Gasteiger charge is 2.21. The Kier molecular flexibility index (Phi) is 5.79. The van der Waals surface area contributed by atoms with Gasteiger partial charge in [-0.25, -0.2) is 4.79 Å². The minimum absolute atomic E-state index is 0.0477. The molecular formula is C15H27N5O2. The first kappa shape index (κ1) is 16.8. The molecule has 0 aromatic carbocycles. The van der Waals surface area contributed by atoms with Gasteiger partial charge in [-0.2, -0.15) is 5.10 Å². The number of nitrogens with one attached hydrogen (secondary N) is 2. The second-order valence-electron chi connectivity index (χ2n) is 6.28. The van der Waals surface area contributed by atoms with Gasteiger partial charge in [0.05, 0.1) is 18.4 Å². The van der Waals surface area contributed by atoms with Crippen molar-refractivity contribution in [3.05, 3.63) is 11.8 Å². The summed E-state index contributed by atoms with van der Waals surface area (Å²) in [6.45, 7) is 10.5. The highest BCUT2D eigenvalue weighted by molar-refractivity contribution is 5.88. The molecule has 0 saturated carbocycles. The third-order valence-electron chi connectivity index (χ3n) is 3.58. The number of hydrogen-bond donors (Lipinski definition) is 2. The monoisotopic (exact) mass is 309 g/mol. The zero-order valence-electron chi connectivity index (χ0n) is 13.9. The SMILES string of the molecule is Cc1cc(NC(=O)NC[C@H]2CN(CC(C)C)CCO2)n(C)n1. The number of carbonyl (C=O) groups is 1. The van der Waals surface area contributed by atoms with Crippen molar-refractivity contribution in [1.29, 1.82) is 0 Å². The smallest absolute Gasteiger partial charge is 0.320 e. The van der Waals surface area contributed by atoms with E-state index in [-0.39, 0.29) is 12.1 Å². The van der Waals surface area contributed by atoms with Crippen molar-refractivity contribution >= 4 is 11.8 Å². The molecule has 0 radical (unpaired) electrons. The number of hydrogen-bond acceptors (Lipinski definition) is 4. The first-order valence-electron chi connectivity index (χ1n) is 7.83. The van der Waals surface area contributed by atoms with E-state index < -0.39 is 0 Å². The number of carbonyl (C=O) groups excluding carboxylic acids is 1. The number of amides is 2. The Morgan fingerprint density at radius 1 is 1.55 bits per heavy atom. The van der Waals surface area contributed by atoms with E-state index in [2.05, 4.69) is 34.5 Å². The van der Waals surface area contributed by atoms with Gasteiger partial charge >= 0.3 is 6.03 Å². The predicted octanol–water partition coefficient (Wildman–Crippen LogP) is 1.21. The minimum Gasteiger partial charge on any atom is -0.374 e. The number of anilines is 1. The highest BCUT2D eigenvalue weighted by atomic mass is 16.5. The van der Waals surface area contributed by atoms with E-state index >= 15 is 0 Å². The Bertz CT molecular complexity index is 500. The molecule has 1 atom stereocenters. The van der Waals surface area contributed by atoms with Gasteiger partial charge in [0, 0.05) is 39.3 Å². The molecular weight excluding hydrogens is 282 g/mol. The number of aromatic nitrogens is 2. The lowest BCUT2D eigenvalue weighted by Crippen LogP contribution is -2.48. The minimum atomic E-state index is -0.229. The first-order valence-corrected chi connectivity index (χ1v) is 7.83. The zero-order chi connectivity index (χ0) is 16.1. The summed E-state index contributed by atoms with van der Waals surface area (Å²) >= 11 is 0. The van der Waals surface area contributed by atoms with Crippen molar-refractivity contribution in [2.75, 3.05) is 38.1 Å². The molecule has 124 valence electrons. The van der Waals surface area contributed by atoms with Crippen LogP contribution in [-0.2, 0) is 11.8 Å². The average molecular weight is 309 g/mol. The fourth-order valence-corrected chi connectivity index (χ4v) is 2.68. The Labute approximate surface area is 132 Å². The van der Waals surface area contributed by atoms with Crippen molar-refractivity contribution in [2.24, 2.45) is 13.0 Å². The summed E-state index contributed by atoms with van der Waals surface area (Å²) in [4.78, 5) is 14.3. The molecule has 7 heteroatoms. The molecule has 1 aliphatic rings. The van der Waals surface area contributed by atoms with Crippen LogP contribution in [0.4, 0.5) is 10.6 Å². The van der Waals surface area contributed by atoms with Crippen LogP contribution in [-0.4, -0.2) is 59.6 Å². The second kappa shape index (κ2) is 7.60. The van der Waals surface area contributed by atoms with Crippen LogP contribution in [0.1, 0.15) is 19.5 Å². The van der Waals surface area contributed by atoms with Gasteiger partial charge < -0.3 is 10.1 Å². The molecule has 0 unspecified atom stereocenters. The summed E-state index contributed by atoms with van der Waals surface area (Å²) < 4.78 is 7.37. The third kappa shape index (κ3) is 4.99. The summed E-state index contributed by atoms with van der Waals surface area (Å²) in [5.74, 6) is 1.32. The standard InChI is InChI=1S/C15H27N5O2/c1-11(2)9-20-5-6-22-13(10-20)8-16-15(21)17-14-7-12(3)18-19(14)4/h7,11,13H,5-6,8-10H2,1-4H3,(H2,16,17,21)/t13-/m0/s1. The van der Waals surface area contributed by atoms with Crippen molar-refractivity contribution in [3.63, 3.8) is 0 Å². The Balaban J connectivity index is 1.75. The number of urea groups is 1. The van der Waals surface area contributed by atoms with E-state index in [1.807, 2.05) is 13.0 Å². The molecule has 0 bridgehead atoms. The van der Waals surface area contributed by atoms with Crippen LogP contribution < -0.4 is 10.6 Å². The summed E-state index contributed by atoms with van der Waals surface area (Å²) in [6, 6.07) is 1.61. The molecule has 2 N–H and O–H groups in total. The molecule has 7 nitrogen and oxygen atoms in total. The van der Waals surface area contributed by atoms with E-state index in [1.165, 1.54) is 0 Å². The van der Waals surface area contributed by atoms with Crippen LogP contribution >= 0.6 is 0 Å². The molecule has 0 aliphatic carbocycles. The van der Waals surface area contributed by atoms with Crippen LogP contribution in [0, 0.1) is 12.8 Å². The summed E-state index contributed by atoms with van der Waals surface area (Å²) in [6.07, 6.45) is 0.0477. The number of morpholine rings is 1. The molecule has 1 aliphatic heterocycles. The number of ether oxygens (including phenoxy) is 1. The maximum Gasteiger partial charge on any atom is 0.320 e. The van der Waals surface area contributed by atoms with Gasteiger partial charge in [0.15, 0.2) is 0 Å². The molecule has 2 heterocycles. The fourth-order valence-electron chi connectivity index (χ4n) is 2.68. The van der Waals surface area contributed by atoms with E-state index in [0.29, 0.717) is 18.3 Å². The number of nitrogens with zero attached hydrogens (tertiary/aromatic N) is 3. The quantitative estimate of drug-likeness (QED) is 0.857. The average Bonchev–Trinajstić information content (AvgIpc) is 2.74. The van der Waals surface area contributed by atoms with E-state index in [9.17, 15) is 4.79 Å². The van der Waals surface area contributed by atoms with Gasteiger partial charge in [-0.15, -0.1) is 0 Å². The predicted molar refractivity (Wildman–Crippen MR) is 86.0 cm³/mol. The lowest BCUT2D eigenvalue weighted by Gasteiger charge is -2.33. The van der Waals surface area contributed by atoms with Crippen LogP contribution in [0.25, 0.3) is 0 Å².